The molecular formula is C13H13BrN2O2S. The first kappa shape index (κ1) is 12.9. The molecule has 1 aliphatic rings. The molecule has 1 saturated carbocycles. The van der Waals surface area contributed by atoms with Gasteiger partial charge in [-0.3, -0.25) is 4.79 Å². The summed E-state index contributed by atoms with van der Waals surface area (Å²) < 4.78 is 6.28. The zero-order chi connectivity index (χ0) is 13.4. The quantitative estimate of drug-likeness (QED) is 0.853. The number of rotatable bonds is 4. The second kappa shape index (κ2) is 5.09. The van der Waals surface area contributed by atoms with Crippen LogP contribution < -0.4 is 0 Å². The van der Waals surface area contributed by atoms with Crippen molar-refractivity contribution in [2.24, 2.45) is 0 Å². The Morgan fingerprint density at radius 2 is 2.37 bits per heavy atom. The molecule has 0 saturated heterocycles. The first-order valence-electron chi connectivity index (χ1n) is 6.10. The highest BCUT2D eigenvalue weighted by Crippen LogP contribution is 2.40. The molecular weight excluding hydrogens is 328 g/mol. The lowest BCUT2D eigenvalue weighted by atomic mass is 10.2. The van der Waals surface area contributed by atoms with Crippen LogP contribution >= 0.6 is 27.3 Å². The van der Waals surface area contributed by atoms with Gasteiger partial charge in [-0.2, -0.15) is 0 Å². The summed E-state index contributed by atoms with van der Waals surface area (Å²) >= 11 is 5.05. The molecule has 0 atom stereocenters. The van der Waals surface area contributed by atoms with Crippen LogP contribution in [0.3, 0.4) is 0 Å². The molecule has 0 bridgehead atoms. The second-order valence-electron chi connectivity index (χ2n) is 4.76. The molecule has 1 aliphatic carbocycles. The van der Waals surface area contributed by atoms with Crippen molar-refractivity contribution in [3.8, 4) is 0 Å². The lowest BCUT2D eigenvalue weighted by molar-refractivity contribution is 0.0776. The number of carbonyl (C=O) groups excluding carboxylic acids is 1. The monoisotopic (exact) mass is 340 g/mol. The van der Waals surface area contributed by atoms with Crippen molar-refractivity contribution in [2.45, 2.75) is 25.3 Å². The molecule has 3 rings (SSSR count). The molecule has 1 amide bonds. The fourth-order valence-corrected chi connectivity index (χ4v) is 3.42. The molecule has 2 aromatic heterocycles. The van der Waals surface area contributed by atoms with E-state index in [1.165, 1.54) is 0 Å². The molecule has 1 fully saturated rings. The van der Waals surface area contributed by atoms with Crippen LogP contribution in [0.4, 0.5) is 0 Å². The van der Waals surface area contributed by atoms with Gasteiger partial charge < -0.3 is 9.42 Å². The topological polar surface area (TPSA) is 46.3 Å². The average Bonchev–Trinajstić information content (AvgIpc) is 2.98. The van der Waals surface area contributed by atoms with Gasteiger partial charge in [0.05, 0.1) is 10.3 Å². The van der Waals surface area contributed by atoms with E-state index in [-0.39, 0.29) is 5.91 Å². The summed E-state index contributed by atoms with van der Waals surface area (Å²) in [7, 11) is 1.78. The smallest absolute Gasteiger partial charge is 0.276 e. The van der Waals surface area contributed by atoms with Gasteiger partial charge in [0.1, 0.15) is 5.76 Å². The molecule has 100 valence electrons. The van der Waals surface area contributed by atoms with Crippen molar-refractivity contribution in [1.29, 1.82) is 0 Å². The van der Waals surface area contributed by atoms with E-state index in [2.05, 4.69) is 21.1 Å². The molecule has 0 spiro atoms. The minimum absolute atomic E-state index is 0.0971. The van der Waals surface area contributed by atoms with Crippen molar-refractivity contribution in [3.05, 3.63) is 38.3 Å². The highest BCUT2D eigenvalue weighted by molar-refractivity contribution is 9.11. The molecule has 6 heteroatoms. The Morgan fingerprint density at radius 3 is 3.00 bits per heavy atom. The van der Waals surface area contributed by atoms with Crippen molar-refractivity contribution >= 4 is 33.2 Å². The Morgan fingerprint density at radius 1 is 1.58 bits per heavy atom. The first-order chi connectivity index (χ1) is 9.13. The number of aromatic nitrogens is 1. The Balaban J connectivity index is 1.67. The highest BCUT2D eigenvalue weighted by atomic mass is 79.9. The molecule has 0 aromatic carbocycles. The normalized spacial score (nSPS) is 14.6. The van der Waals surface area contributed by atoms with Gasteiger partial charge in [0.25, 0.3) is 5.91 Å². The van der Waals surface area contributed by atoms with Crippen LogP contribution in [-0.2, 0) is 6.54 Å². The number of nitrogens with zero attached hydrogens (tertiary/aromatic N) is 2. The highest BCUT2D eigenvalue weighted by Gasteiger charge is 2.29. The summed E-state index contributed by atoms with van der Waals surface area (Å²) in [5.41, 5.74) is 0.403. The Kier molecular flexibility index (Phi) is 3.45. The maximum atomic E-state index is 12.2. The number of amides is 1. The standard InChI is InChI=1S/C13H13BrN2O2S/c1-16(7-9-4-5-12(14)19-9)13(17)10-6-11(18-15-10)8-2-3-8/h4-6,8H,2-3,7H2,1H3. The van der Waals surface area contributed by atoms with Crippen molar-refractivity contribution in [3.63, 3.8) is 0 Å². The van der Waals surface area contributed by atoms with Gasteiger partial charge in [-0.25, -0.2) is 0 Å². The van der Waals surface area contributed by atoms with Gasteiger partial charge in [0.2, 0.25) is 0 Å². The van der Waals surface area contributed by atoms with Crippen LogP contribution in [0.5, 0.6) is 0 Å². The van der Waals surface area contributed by atoms with Crippen LogP contribution in [0.2, 0.25) is 0 Å². The number of hydrogen-bond acceptors (Lipinski definition) is 4. The predicted octanol–water partition coefficient (Wildman–Crippen LogP) is 3.65. The van der Waals surface area contributed by atoms with Gasteiger partial charge >= 0.3 is 0 Å². The molecule has 4 nitrogen and oxygen atoms in total. The fourth-order valence-electron chi connectivity index (χ4n) is 1.89. The number of halogens is 1. The molecule has 2 aromatic rings. The molecule has 0 N–H and O–H groups in total. The van der Waals surface area contributed by atoms with Crippen molar-refractivity contribution in [1.82, 2.24) is 10.1 Å². The lowest BCUT2D eigenvalue weighted by Crippen LogP contribution is -2.26. The number of hydrogen-bond donors (Lipinski definition) is 0. The van der Waals surface area contributed by atoms with E-state index < -0.39 is 0 Å². The van der Waals surface area contributed by atoms with Gasteiger partial charge in [0, 0.05) is 23.9 Å². The Labute approximate surface area is 123 Å². The van der Waals surface area contributed by atoms with E-state index in [1.54, 1.807) is 29.4 Å². The number of carbonyl (C=O) groups is 1. The summed E-state index contributed by atoms with van der Waals surface area (Å²) in [6.07, 6.45) is 2.28. The molecule has 19 heavy (non-hydrogen) atoms. The van der Waals surface area contributed by atoms with Gasteiger partial charge in [-0.05, 0) is 40.9 Å². The minimum Gasteiger partial charge on any atom is -0.360 e. The predicted molar refractivity (Wildman–Crippen MR) is 76.3 cm³/mol. The summed E-state index contributed by atoms with van der Waals surface area (Å²) in [5.74, 6) is 1.23. The van der Waals surface area contributed by atoms with Crippen molar-refractivity contribution in [2.75, 3.05) is 7.05 Å². The van der Waals surface area contributed by atoms with Gasteiger partial charge in [-0.15, -0.1) is 11.3 Å². The second-order valence-corrected chi connectivity index (χ2v) is 7.30. The van der Waals surface area contributed by atoms with E-state index in [4.69, 9.17) is 4.52 Å². The summed E-state index contributed by atoms with van der Waals surface area (Å²) in [5, 5.41) is 3.87. The first-order valence-corrected chi connectivity index (χ1v) is 7.70. The maximum Gasteiger partial charge on any atom is 0.276 e. The van der Waals surface area contributed by atoms with E-state index in [9.17, 15) is 4.79 Å². The summed E-state index contributed by atoms with van der Waals surface area (Å²) in [4.78, 5) is 15.0. The molecule has 0 unspecified atom stereocenters. The van der Waals surface area contributed by atoms with E-state index in [0.717, 1.165) is 27.3 Å². The molecule has 2 heterocycles. The van der Waals surface area contributed by atoms with Crippen LogP contribution in [0.25, 0.3) is 0 Å². The summed E-state index contributed by atoms with van der Waals surface area (Å²) in [6.45, 7) is 0.584. The summed E-state index contributed by atoms with van der Waals surface area (Å²) in [6, 6.07) is 5.78. The molecule has 0 radical (unpaired) electrons. The zero-order valence-corrected chi connectivity index (χ0v) is 12.8. The van der Waals surface area contributed by atoms with E-state index in [1.807, 2.05) is 12.1 Å². The third kappa shape index (κ3) is 2.90. The Bertz CT molecular complexity index is 603. The maximum absolute atomic E-state index is 12.2. The van der Waals surface area contributed by atoms with Crippen LogP contribution in [-0.4, -0.2) is 23.0 Å². The van der Waals surface area contributed by atoms with Crippen LogP contribution in [0.1, 0.15) is 39.9 Å². The lowest BCUT2D eigenvalue weighted by Gasteiger charge is -2.13. The molecule has 0 aliphatic heterocycles. The van der Waals surface area contributed by atoms with E-state index >= 15 is 0 Å². The van der Waals surface area contributed by atoms with Crippen LogP contribution in [0, 0.1) is 0 Å². The fraction of sp³-hybridized carbons (Fsp3) is 0.385. The number of thiophene rings is 1. The third-order valence-corrected chi connectivity index (χ3v) is 4.70. The third-order valence-electron chi connectivity index (χ3n) is 3.10. The Hall–Kier alpha value is -1.14. The largest absolute Gasteiger partial charge is 0.360 e. The minimum atomic E-state index is -0.0971. The SMILES string of the molecule is CN(Cc1ccc(Br)s1)C(=O)c1cc(C2CC2)on1. The van der Waals surface area contributed by atoms with Crippen molar-refractivity contribution < 1.29 is 9.32 Å². The van der Waals surface area contributed by atoms with Gasteiger partial charge in [0.15, 0.2) is 5.69 Å². The zero-order valence-electron chi connectivity index (χ0n) is 10.4. The van der Waals surface area contributed by atoms with Gasteiger partial charge in [-0.1, -0.05) is 5.16 Å². The van der Waals surface area contributed by atoms with E-state index in [0.29, 0.717) is 18.2 Å². The average molecular weight is 341 g/mol. The van der Waals surface area contributed by atoms with Crippen LogP contribution in [0.15, 0.2) is 26.5 Å².